The largest absolute Gasteiger partial charge is 0.491 e. The molecule has 2 N–H and O–H groups in total. The Balaban J connectivity index is 1.49. The van der Waals surface area contributed by atoms with E-state index < -0.39 is 0 Å². The molecule has 7 heteroatoms. The molecule has 0 radical (unpaired) electrons. The summed E-state index contributed by atoms with van der Waals surface area (Å²) in [5.41, 5.74) is 12.5. The molecule has 3 heterocycles. The van der Waals surface area contributed by atoms with E-state index in [1.54, 1.807) is 19.6 Å². The maximum Gasteiger partial charge on any atom is 0.236 e. The fraction of sp³-hybridized carbons (Fsp3) is 0.400. The molecule has 5 rings (SSSR count). The molecule has 1 aliphatic carbocycles. The molecule has 0 bridgehead atoms. The highest BCUT2D eigenvalue weighted by Gasteiger charge is 2.30. The van der Waals surface area contributed by atoms with Crippen molar-refractivity contribution in [3.63, 3.8) is 0 Å². The van der Waals surface area contributed by atoms with Crippen LogP contribution in [0, 0.1) is 5.41 Å². The molecule has 166 valence electrons. The smallest absolute Gasteiger partial charge is 0.236 e. The van der Waals surface area contributed by atoms with Crippen LogP contribution in [0.5, 0.6) is 11.6 Å². The fourth-order valence-electron chi connectivity index (χ4n) is 4.68. The molecular formula is C25H29N5O2. The van der Waals surface area contributed by atoms with Crippen LogP contribution in [0.1, 0.15) is 37.1 Å². The molecule has 0 spiro atoms. The second kappa shape index (κ2) is 7.97. The van der Waals surface area contributed by atoms with Crippen molar-refractivity contribution in [2.75, 3.05) is 30.9 Å². The van der Waals surface area contributed by atoms with Crippen LogP contribution in [0.2, 0.25) is 0 Å². The summed E-state index contributed by atoms with van der Waals surface area (Å²) in [7, 11) is 1.57. The number of fused-ring (bicyclic) bond motifs is 2. The number of nitrogens with two attached hydrogens (primary N) is 1. The summed E-state index contributed by atoms with van der Waals surface area (Å²) in [6.07, 6.45) is 6.66. The van der Waals surface area contributed by atoms with Crippen LogP contribution >= 0.6 is 0 Å². The summed E-state index contributed by atoms with van der Waals surface area (Å²) in [6.45, 7) is 6.78. The normalized spacial score (nSPS) is 17.0. The van der Waals surface area contributed by atoms with Gasteiger partial charge in [0.2, 0.25) is 5.88 Å². The van der Waals surface area contributed by atoms with Crippen LogP contribution in [0.25, 0.3) is 11.1 Å². The Morgan fingerprint density at radius 3 is 2.81 bits per heavy atom. The van der Waals surface area contributed by atoms with Crippen molar-refractivity contribution in [2.45, 2.75) is 39.7 Å². The Kier molecular flexibility index (Phi) is 5.12. The van der Waals surface area contributed by atoms with Gasteiger partial charge in [0.05, 0.1) is 19.3 Å². The van der Waals surface area contributed by atoms with Gasteiger partial charge in [0, 0.05) is 35.1 Å². The van der Waals surface area contributed by atoms with Gasteiger partial charge in [-0.1, -0.05) is 19.9 Å². The molecule has 3 aromatic rings. The van der Waals surface area contributed by atoms with E-state index >= 15 is 0 Å². The van der Waals surface area contributed by atoms with Crippen molar-refractivity contribution < 1.29 is 9.47 Å². The number of aromatic nitrogens is 3. The molecule has 0 amide bonds. The summed E-state index contributed by atoms with van der Waals surface area (Å²) in [6, 6.07) is 8.14. The first-order valence-electron chi connectivity index (χ1n) is 11.1. The second-order valence-electron chi connectivity index (χ2n) is 9.38. The Morgan fingerprint density at radius 2 is 2.00 bits per heavy atom. The topological polar surface area (TPSA) is 86.4 Å². The summed E-state index contributed by atoms with van der Waals surface area (Å²) in [5, 5.41) is 0. The zero-order chi connectivity index (χ0) is 22.3. The van der Waals surface area contributed by atoms with E-state index in [1.807, 2.05) is 18.2 Å². The van der Waals surface area contributed by atoms with E-state index in [-0.39, 0.29) is 5.41 Å². The number of pyridine rings is 1. The highest BCUT2D eigenvalue weighted by molar-refractivity contribution is 5.70. The lowest BCUT2D eigenvalue weighted by atomic mass is 9.76. The van der Waals surface area contributed by atoms with Gasteiger partial charge in [0.1, 0.15) is 24.5 Å². The third-order valence-electron chi connectivity index (χ3n) is 6.45. The maximum atomic E-state index is 6.09. The van der Waals surface area contributed by atoms with Crippen LogP contribution in [0.4, 0.5) is 11.5 Å². The SMILES string of the molecule is COc1ncc(-c2ccc3c(c2)CN(c2ncnc4c2CC(C)(C)CC4)CCO3)cc1N. The highest BCUT2D eigenvalue weighted by atomic mass is 16.5. The lowest BCUT2D eigenvalue weighted by Gasteiger charge is -2.33. The Bertz CT molecular complexity index is 1160. The number of rotatable bonds is 3. The zero-order valence-electron chi connectivity index (χ0n) is 18.9. The molecule has 2 aliphatic rings. The zero-order valence-corrected chi connectivity index (χ0v) is 18.9. The number of nitrogen functional groups attached to an aromatic ring is 1. The maximum absolute atomic E-state index is 6.09. The van der Waals surface area contributed by atoms with E-state index in [0.717, 1.165) is 60.6 Å². The van der Waals surface area contributed by atoms with Gasteiger partial charge < -0.3 is 20.1 Å². The van der Waals surface area contributed by atoms with E-state index in [2.05, 4.69) is 34.8 Å². The number of benzene rings is 1. The average Bonchev–Trinajstić information content (AvgIpc) is 3.00. The molecule has 7 nitrogen and oxygen atoms in total. The molecule has 1 aromatic carbocycles. The van der Waals surface area contributed by atoms with Gasteiger partial charge in [-0.15, -0.1) is 0 Å². The highest BCUT2D eigenvalue weighted by Crippen LogP contribution is 2.39. The van der Waals surface area contributed by atoms with Gasteiger partial charge in [-0.05, 0) is 48.4 Å². The third kappa shape index (κ3) is 3.83. The fourth-order valence-corrected chi connectivity index (χ4v) is 4.68. The second-order valence-corrected chi connectivity index (χ2v) is 9.38. The molecule has 1 aliphatic heterocycles. The van der Waals surface area contributed by atoms with Gasteiger partial charge >= 0.3 is 0 Å². The Labute approximate surface area is 188 Å². The van der Waals surface area contributed by atoms with E-state index in [9.17, 15) is 0 Å². The van der Waals surface area contributed by atoms with Crippen LogP contribution in [0.3, 0.4) is 0 Å². The number of ether oxygens (including phenoxy) is 2. The van der Waals surface area contributed by atoms with Gasteiger partial charge in [-0.3, -0.25) is 0 Å². The number of methoxy groups -OCH3 is 1. The van der Waals surface area contributed by atoms with Crippen LogP contribution in [-0.2, 0) is 19.4 Å². The molecule has 2 aromatic heterocycles. The number of hydrogen-bond acceptors (Lipinski definition) is 7. The minimum Gasteiger partial charge on any atom is -0.491 e. The van der Waals surface area contributed by atoms with Crippen molar-refractivity contribution in [1.29, 1.82) is 0 Å². The Hall–Kier alpha value is -3.35. The van der Waals surface area contributed by atoms with Crippen LogP contribution < -0.4 is 20.1 Å². The van der Waals surface area contributed by atoms with Crippen molar-refractivity contribution in [1.82, 2.24) is 15.0 Å². The van der Waals surface area contributed by atoms with Crippen LogP contribution in [0.15, 0.2) is 36.8 Å². The molecule has 0 saturated carbocycles. The Morgan fingerprint density at radius 1 is 1.12 bits per heavy atom. The predicted molar refractivity (Wildman–Crippen MR) is 125 cm³/mol. The molecule has 32 heavy (non-hydrogen) atoms. The molecule has 0 saturated heterocycles. The minimum absolute atomic E-state index is 0.265. The van der Waals surface area contributed by atoms with E-state index in [1.165, 1.54) is 11.3 Å². The summed E-state index contributed by atoms with van der Waals surface area (Å²) < 4.78 is 11.3. The molecular weight excluding hydrogens is 402 g/mol. The monoisotopic (exact) mass is 431 g/mol. The van der Waals surface area contributed by atoms with E-state index in [0.29, 0.717) is 18.2 Å². The molecule has 0 unspecified atom stereocenters. The molecule has 0 atom stereocenters. The lowest BCUT2D eigenvalue weighted by molar-refractivity contribution is 0.310. The van der Waals surface area contributed by atoms with Crippen molar-refractivity contribution in [2.24, 2.45) is 5.41 Å². The van der Waals surface area contributed by atoms with Gasteiger partial charge in [0.15, 0.2) is 0 Å². The summed E-state index contributed by atoms with van der Waals surface area (Å²) in [4.78, 5) is 16.0. The van der Waals surface area contributed by atoms with Crippen molar-refractivity contribution in [3.8, 4) is 22.8 Å². The van der Waals surface area contributed by atoms with Gasteiger partial charge in [0.25, 0.3) is 0 Å². The van der Waals surface area contributed by atoms with E-state index in [4.69, 9.17) is 20.2 Å². The number of aryl methyl sites for hydroxylation is 1. The standard InChI is InChI=1S/C25H29N5O2/c1-25(2)7-6-21-19(12-25)23(29-15-28-21)30-8-9-32-22-5-4-16(10-18(22)14-30)17-11-20(26)24(31-3)27-13-17/h4-5,10-11,13,15H,6-9,12,14,26H2,1-3H3. The number of hydrogen-bond donors (Lipinski definition) is 1. The molecule has 0 fully saturated rings. The first-order valence-corrected chi connectivity index (χ1v) is 11.1. The predicted octanol–water partition coefficient (Wildman–Crippen LogP) is 4.04. The van der Waals surface area contributed by atoms with Crippen LogP contribution in [-0.4, -0.2) is 35.2 Å². The third-order valence-corrected chi connectivity index (χ3v) is 6.45. The lowest BCUT2D eigenvalue weighted by Crippen LogP contribution is -2.31. The van der Waals surface area contributed by atoms with Gasteiger partial charge in [-0.25, -0.2) is 15.0 Å². The quantitative estimate of drug-likeness (QED) is 0.670. The first kappa shape index (κ1) is 20.5. The van der Waals surface area contributed by atoms with Crippen molar-refractivity contribution >= 4 is 11.5 Å². The number of nitrogens with zero attached hydrogens (tertiary/aromatic N) is 4. The van der Waals surface area contributed by atoms with Gasteiger partial charge in [-0.2, -0.15) is 0 Å². The minimum atomic E-state index is 0.265. The first-order chi connectivity index (χ1) is 15.4. The number of anilines is 2. The average molecular weight is 432 g/mol. The van der Waals surface area contributed by atoms with Crippen molar-refractivity contribution in [3.05, 3.63) is 53.6 Å². The summed E-state index contributed by atoms with van der Waals surface area (Å²) >= 11 is 0. The summed E-state index contributed by atoms with van der Waals surface area (Å²) in [5.74, 6) is 2.39.